The largest absolute Gasteiger partial charge is 0.0620 e. The Hall–Kier alpha value is -3.90. The van der Waals surface area contributed by atoms with E-state index in [2.05, 4.69) is 138 Å². The third kappa shape index (κ3) is 6.76. The van der Waals surface area contributed by atoms with Gasteiger partial charge in [-0.2, -0.15) is 0 Å². The molecule has 0 spiro atoms. The average Bonchev–Trinajstić information content (AvgIpc) is 2.90. The summed E-state index contributed by atoms with van der Waals surface area (Å²) in [6.07, 6.45) is 3.94. The zero-order chi connectivity index (χ0) is 27.4. The lowest BCUT2D eigenvalue weighted by Crippen LogP contribution is -1.99. The van der Waals surface area contributed by atoms with Crippen LogP contribution in [0.3, 0.4) is 0 Å². The van der Waals surface area contributed by atoms with Crippen LogP contribution < -0.4 is 0 Å². The summed E-state index contributed by atoms with van der Waals surface area (Å²) >= 11 is 0. The summed E-state index contributed by atoms with van der Waals surface area (Å²) in [4.78, 5) is 0. The molecule has 0 unspecified atom stereocenters. The van der Waals surface area contributed by atoms with Gasteiger partial charge in [0.15, 0.2) is 0 Å². The van der Waals surface area contributed by atoms with Gasteiger partial charge in [-0.3, -0.25) is 0 Å². The highest BCUT2D eigenvalue weighted by molar-refractivity contribution is 5.43. The Morgan fingerprint density at radius 1 is 0.333 bits per heavy atom. The molecule has 0 aromatic heterocycles. The molecule has 0 atom stereocenters. The first-order valence-corrected chi connectivity index (χ1v) is 14.2. The fourth-order valence-corrected chi connectivity index (χ4v) is 5.71. The van der Waals surface area contributed by atoms with Gasteiger partial charge >= 0.3 is 0 Å². The van der Waals surface area contributed by atoms with Crippen molar-refractivity contribution in [1.82, 2.24) is 0 Å². The fraction of sp³-hybridized carbons (Fsp3) is 0.231. The van der Waals surface area contributed by atoms with Crippen LogP contribution >= 0.6 is 0 Å². The molecule has 5 aromatic carbocycles. The van der Waals surface area contributed by atoms with Crippen LogP contribution in [0, 0.1) is 34.6 Å². The molecule has 0 heterocycles. The van der Waals surface area contributed by atoms with Gasteiger partial charge in [0.05, 0.1) is 0 Å². The van der Waals surface area contributed by atoms with E-state index in [4.69, 9.17) is 0 Å². The van der Waals surface area contributed by atoms with Crippen molar-refractivity contribution in [3.05, 3.63) is 175 Å². The Balaban J connectivity index is 1.25. The first kappa shape index (κ1) is 26.7. The van der Waals surface area contributed by atoms with Crippen LogP contribution in [-0.2, 0) is 25.7 Å². The summed E-state index contributed by atoms with van der Waals surface area (Å²) in [7, 11) is 0. The topological polar surface area (TPSA) is 0 Å². The van der Waals surface area contributed by atoms with Gasteiger partial charge in [-0.05, 0) is 127 Å². The second kappa shape index (κ2) is 11.9. The van der Waals surface area contributed by atoms with E-state index < -0.39 is 0 Å². The van der Waals surface area contributed by atoms with E-state index in [-0.39, 0.29) is 0 Å². The molecular formula is C39H40. The molecule has 0 saturated carbocycles. The van der Waals surface area contributed by atoms with Gasteiger partial charge in [0.1, 0.15) is 0 Å². The Kier molecular flexibility index (Phi) is 8.13. The summed E-state index contributed by atoms with van der Waals surface area (Å²) in [5, 5.41) is 0. The molecule has 0 heteroatoms. The molecule has 0 radical (unpaired) electrons. The first-order chi connectivity index (χ1) is 18.8. The zero-order valence-corrected chi connectivity index (χ0v) is 24.1. The van der Waals surface area contributed by atoms with Gasteiger partial charge in [0, 0.05) is 0 Å². The van der Waals surface area contributed by atoms with Crippen molar-refractivity contribution < 1.29 is 0 Å². The maximum atomic E-state index is 2.38. The Morgan fingerprint density at radius 3 is 1.21 bits per heavy atom. The molecule has 0 nitrogen and oxygen atoms in total. The van der Waals surface area contributed by atoms with E-state index >= 15 is 0 Å². The summed E-state index contributed by atoms with van der Waals surface area (Å²) in [5.74, 6) is 0. The number of rotatable bonds is 8. The second-order valence-electron chi connectivity index (χ2n) is 11.4. The Morgan fingerprint density at radius 2 is 0.769 bits per heavy atom. The molecule has 0 aliphatic heterocycles. The van der Waals surface area contributed by atoms with Gasteiger partial charge < -0.3 is 0 Å². The van der Waals surface area contributed by atoms with Crippen LogP contribution in [0.15, 0.2) is 103 Å². The van der Waals surface area contributed by atoms with Gasteiger partial charge in [-0.25, -0.2) is 0 Å². The normalized spacial score (nSPS) is 11.1. The third-order valence-electron chi connectivity index (χ3n) is 8.14. The summed E-state index contributed by atoms with van der Waals surface area (Å²) in [6.45, 7) is 11.1. The van der Waals surface area contributed by atoms with Crippen LogP contribution in [0.2, 0.25) is 0 Å². The van der Waals surface area contributed by atoms with Crippen LogP contribution in [-0.4, -0.2) is 0 Å². The maximum absolute atomic E-state index is 2.38. The lowest BCUT2D eigenvalue weighted by atomic mass is 9.92. The predicted molar refractivity (Wildman–Crippen MR) is 167 cm³/mol. The van der Waals surface area contributed by atoms with Crippen molar-refractivity contribution in [3.8, 4) is 0 Å². The summed E-state index contributed by atoms with van der Waals surface area (Å²) < 4.78 is 0. The van der Waals surface area contributed by atoms with Crippen molar-refractivity contribution in [2.24, 2.45) is 0 Å². The molecule has 0 aliphatic rings. The maximum Gasteiger partial charge on any atom is -0.00205 e. The third-order valence-corrected chi connectivity index (χ3v) is 8.14. The molecule has 0 N–H and O–H groups in total. The number of hydrogen-bond acceptors (Lipinski definition) is 0. The van der Waals surface area contributed by atoms with E-state index in [1.54, 1.807) is 0 Å². The van der Waals surface area contributed by atoms with Gasteiger partial charge in [0.25, 0.3) is 0 Å². The number of benzene rings is 5. The van der Waals surface area contributed by atoms with Crippen LogP contribution in [0.1, 0.15) is 72.3 Å². The Labute approximate surface area is 235 Å². The monoisotopic (exact) mass is 508 g/mol. The molecule has 0 bridgehead atoms. The Bertz CT molecular complexity index is 1600. The summed E-state index contributed by atoms with van der Waals surface area (Å²) in [6, 6.07) is 38.6. The molecule has 5 aromatic rings. The standard InChI is InChI=1S/C39H40/c1-27-9-8-11-32(19-27)23-33-13-17-38(30(4)20-33)26-39-18-15-35(22-31(39)5)24-34-14-16-37(29(3)21-34)25-36-12-7-6-10-28(36)2/h6-22H,23-26H2,1-5H3. The molecule has 196 valence electrons. The average molecular weight is 509 g/mol. The van der Waals surface area contributed by atoms with Crippen LogP contribution in [0.5, 0.6) is 0 Å². The smallest absolute Gasteiger partial charge is 0.00205 e. The van der Waals surface area contributed by atoms with Crippen LogP contribution in [0.4, 0.5) is 0 Å². The van der Waals surface area contributed by atoms with Crippen LogP contribution in [0.25, 0.3) is 0 Å². The zero-order valence-electron chi connectivity index (χ0n) is 24.1. The molecule has 39 heavy (non-hydrogen) atoms. The number of hydrogen-bond donors (Lipinski definition) is 0. The minimum Gasteiger partial charge on any atom is -0.0620 e. The minimum atomic E-state index is 0.972. The van der Waals surface area contributed by atoms with Gasteiger partial charge in [-0.1, -0.05) is 109 Å². The quantitative estimate of drug-likeness (QED) is 0.196. The molecule has 0 amide bonds. The predicted octanol–water partition coefficient (Wildman–Crippen LogP) is 9.59. The first-order valence-electron chi connectivity index (χ1n) is 14.2. The van der Waals surface area contributed by atoms with Gasteiger partial charge in [0.2, 0.25) is 0 Å². The van der Waals surface area contributed by atoms with E-state index in [1.165, 1.54) is 72.3 Å². The highest BCUT2D eigenvalue weighted by atomic mass is 14.1. The SMILES string of the molecule is Cc1cccc(Cc2ccc(Cc3ccc(Cc4ccc(Cc5ccccc5C)c(C)c4)cc3C)c(C)c2)c1. The minimum absolute atomic E-state index is 0.972. The van der Waals surface area contributed by atoms with Gasteiger partial charge in [-0.15, -0.1) is 0 Å². The second-order valence-corrected chi connectivity index (χ2v) is 11.4. The molecule has 0 fully saturated rings. The van der Waals surface area contributed by atoms with E-state index in [0.29, 0.717) is 0 Å². The molecular weight excluding hydrogens is 468 g/mol. The highest BCUT2D eigenvalue weighted by Crippen LogP contribution is 2.23. The number of aryl methyl sites for hydroxylation is 5. The van der Waals surface area contributed by atoms with Crippen molar-refractivity contribution in [2.45, 2.75) is 60.3 Å². The van der Waals surface area contributed by atoms with E-state index in [0.717, 1.165) is 25.7 Å². The lowest BCUT2D eigenvalue weighted by molar-refractivity contribution is 1.08. The van der Waals surface area contributed by atoms with Crippen molar-refractivity contribution in [2.75, 3.05) is 0 Å². The molecule has 0 aliphatic carbocycles. The summed E-state index contributed by atoms with van der Waals surface area (Å²) in [5.41, 5.74) is 18.0. The molecule has 5 rings (SSSR count). The lowest BCUT2D eigenvalue weighted by Gasteiger charge is -2.13. The van der Waals surface area contributed by atoms with Crippen molar-refractivity contribution >= 4 is 0 Å². The highest BCUT2D eigenvalue weighted by Gasteiger charge is 2.08. The van der Waals surface area contributed by atoms with E-state index in [1.807, 2.05) is 0 Å². The van der Waals surface area contributed by atoms with Crippen molar-refractivity contribution in [3.63, 3.8) is 0 Å². The van der Waals surface area contributed by atoms with Crippen molar-refractivity contribution in [1.29, 1.82) is 0 Å². The fourth-order valence-electron chi connectivity index (χ4n) is 5.71. The van der Waals surface area contributed by atoms with E-state index in [9.17, 15) is 0 Å². The molecule has 0 saturated heterocycles.